The lowest BCUT2D eigenvalue weighted by Gasteiger charge is -2.27. The Bertz CT molecular complexity index is 3980. The molecule has 0 aliphatic carbocycles. The predicted molar refractivity (Wildman–Crippen MR) is 237 cm³/mol. The first-order chi connectivity index (χ1) is 33.2. The van der Waals surface area contributed by atoms with Gasteiger partial charge in [0.15, 0.2) is 0 Å². The zero-order valence-electron chi connectivity index (χ0n) is 42.6. The van der Waals surface area contributed by atoms with Crippen molar-refractivity contribution in [1.29, 1.82) is 0 Å². The van der Waals surface area contributed by atoms with Gasteiger partial charge < -0.3 is 9.32 Å². The van der Waals surface area contributed by atoms with Crippen molar-refractivity contribution in [3.05, 3.63) is 212 Å². The van der Waals surface area contributed by atoms with Gasteiger partial charge in [0.05, 0.1) is 28.9 Å². The van der Waals surface area contributed by atoms with Crippen molar-refractivity contribution < 1.29 is 22.2 Å². The second kappa shape index (κ2) is 13.2. The Hall–Kier alpha value is -7.42. The molecule has 0 aliphatic rings. The molecule has 10 aromatic carbocycles. The first-order valence-corrected chi connectivity index (χ1v) is 18.1. The number of anilines is 3. The molecule has 0 saturated heterocycles. The minimum absolute atomic E-state index is 0.0164. The van der Waals surface area contributed by atoms with Crippen LogP contribution in [0.4, 0.5) is 17.1 Å². The monoisotopic (exact) mass is 726 g/mol. The molecule has 0 atom stereocenters. The summed E-state index contributed by atoms with van der Waals surface area (Å²) in [6, 6.07) is 34.8. The molecule has 2 heteroatoms. The van der Waals surface area contributed by atoms with E-state index < -0.39 is 78.6 Å². The quantitative estimate of drug-likeness (QED) is 0.170. The summed E-state index contributed by atoms with van der Waals surface area (Å²) in [5.74, 6) is 0. The van der Waals surface area contributed by atoms with E-state index in [2.05, 4.69) is 0 Å². The maximum atomic E-state index is 9.77. The highest BCUT2D eigenvalue weighted by atomic mass is 16.3. The van der Waals surface area contributed by atoms with E-state index in [0.717, 1.165) is 43.8 Å². The average Bonchev–Trinajstić information content (AvgIpc) is 3.77. The molecule has 0 unspecified atom stereocenters. The summed E-state index contributed by atoms with van der Waals surface area (Å²) in [5, 5.41) is 3.13. The Balaban J connectivity index is 1.21. The zero-order chi connectivity index (χ0) is 48.3. The summed E-state index contributed by atoms with van der Waals surface area (Å²) in [6.45, 7) is 0. The highest BCUT2D eigenvalue weighted by Crippen LogP contribution is 2.45. The summed E-state index contributed by atoms with van der Waals surface area (Å²) in [7, 11) is 0. The molecule has 0 fully saturated rings. The summed E-state index contributed by atoms with van der Waals surface area (Å²) in [5.41, 5.74) is 2.85. The van der Waals surface area contributed by atoms with Gasteiger partial charge in [-0.25, -0.2) is 0 Å². The Labute approximate surface area is 343 Å². The number of hydrogen-bond acceptors (Lipinski definition) is 2. The van der Waals surface area contributed by atoms with Crippen molar-refractivity contribution in [2.75, 3.05) is 4.90 Å². The molecule has 56 heavy (non-hydrogen) atoms. The van der Waals surface area contributed by atoms with Crippen LogP contribution < -0.4 is 4.90 Å². The standard InChI is InChI=1S/C54H35NO/c1-4-18-45-37(11-1)14-8-21-47(45)40-27-32-44(33-28-40)55(51-23-10-24-52-53(51)50-34-29-39-13-3-6-20-49(39)54(50)56-52)43-30-25-36(26-31-43)41-16-7-17-42(35-41)48-22-9-15-38-12-2-5-19-46(38)48/h1-35H/i3D,6D,10D,13D,20D,23D,24D,25D,26D,29D,30D,31D,34D. The van der Waals surface area contributed by atoms with Crippen LogP contribution in [0.2, 0.25) is 0 Å². The second-order valence-corrected chi connectivity index (χ2v) is 13.5. The number of benzene rings is 10. The third kappa shape index (κ3) is 5.34. The van der Waals surface area contributed by atoms with E-state index in [0.29, 0.717) is 5.56 Å². The first-order valence-electron chi connectivity index (χ1n) is 24.6. The maximum absolute atomic E-state index is 9.77. The van der Waals surface area contributed by atoms with Crippen molar-refractivity contribution in [1.82, 2.24) is 0 Å². The lowest BCUT2D eigenvalue weighted by molar-refractivity contribution is 0.672. The number of nitrogens with zero attached hydrogens (tertiary/aromatic N) is 1. The second-order valence-electron chi connectivity index (χ2n) is 13.5. The van der Waals surface area contributed by atoms with Crippen LogP contribution in [0.3, 0.4) is 0 Å². The van der Waals surface area contributed by atoms with Crippen LogP contribution in [0.25, 0.3) is 87.6 Å². The van der Waals surface area contributed by atoms with E-state index in [1.165, 1.54) is 4.90 Å². The molecular weight excluding hydrogens is 679 g/mol. The molecule has 0 N–H and O–H groups in total. The third-order valence-electron chi connectivity index (χ3n) is 10.3. The van der Waals surface area contributed by atoms with Crippen LogP contribution in [0.1, 0.15) is 17.8 Å². The Morgan fingerprint density at radius 2 is 1.05 bits per heavy atom. The van der Waals surface area contributed by atoms with E-state index in [4.69, 9.17) is 14.0 Å². The molecule has 2 nitrogen and oxygen atoms in total. The van der Waals surface area contributed by atoms with Crippen LogP contribution in [-0.2, 0) is 0 Å². The first kappa shape index (κ1) is 21.5. The van der Waals surface area contributed by atoms with Crippen LogP contribution in [0.15, 0.2) is 216 Å². The van der Waals surface area contributed by atoms with E-state index in [9.17, 15) is 8.22 Å². The van der Waals surface area contributed by atoms with Gasteiger partial charge in [0, 0.05) is 22.1 Å². The van der Waals surface area contributed by atoms with E-state index in [-0.39, 0.29) is 55.3 Å². The van der Waals surface area contributed by atoms with Crippen molar-refractivity contribution in [2.24, 2.45) is 0 Å². The molecule has 1 aromatic heterocycles. The van der Waals surface area contributed by atoms with E-state index in [1.807, 2.05) is 109 Å². The van der Waals surface area contributed by atoms with Gasteiger partial charge in [0.1, 0.15) is 11.2 Å². The number of fused-ring (bicyclic) bond motifs is 7. The lowest BCUT2D eigenvalue weighted by Crippen LogP contribution is -2.10. The van der Waals surface area contributed by atoms with Gasteiger partial charge in [0.2, 0.25) is 0 Å². The average molecular weight is 727 g/mol. The van der Waals surface area contributed by atoms with Crippen LogP contribution >= 0.6 is 0 Å². The topological polar surface area (TPSA) is 16.4 Å². The number of hydrogen-bond donors (Lipinski definition) is 0. The van der Waals surface area contributed by atoms with E-state index >= 15 is 0 Å². The molecular formula is C54H35NO. The third-order valence-corrected chi connectivity index (χ3v) is 10.3. The van der Waals surface area contributed by atoms with Crippen LogP contribution in [-0.4, -0.2) is 0 Å². The molecule has 11 rings (SSSR count). The van der Waals surface area contributed by atoms with Crippen molar-refractivity contribution in [3.8, 4) is 33.4 Å². The normalized spacial score (nSPS) is 14.8. The van der Waals surface area contributed by atoms with Crippen LogP contribution in [0.5, 0.6) is 0 Å². The van der Waals surface area contributed by atoms with E-state index in [1.54, 1.807) is 24.3 Å². The van der Waals surface area contributed by atoms with Gasteiger partial charge in [-0.1, -0.05) is 164 Å². The maximum Gasteiger partial charge on any atom is 0.143 e. The fourth-order valence-corrected chi connectivity index (χ4v) is 7.64. The molecule has 0 radical (unpaired) electrons. The Morgan fingerprint density at radius 3 is 1.82 bits per heavy atom. The van der Waals surface area contributed by atoms with Crippen molar-refractivity contribution in [2.45, 2.75) is 0 Å². The Morgan fingerprint density at radius 1 is 0.393 bits per heavy atom. The zero-order valence-corrected chi connectivity index (χ0v) is 29.6. The fraction of sp³-hybridized carbons (Fsp3) is 0. The molecule has 0 bridgehead atoms. The fourth-order valence-electron chi connectivity index (χ4n) is 7.64. The summed E-state index contributed by atoms with van der Waals surface area (Å²) < 4.78 is 126. The number of rotatable bonds is 6. The van der Waals surface area contributed by atoms with Gasteiger partial charge in [-0.15, -0.1) is 0 Å². The highest BCUT2D eigenvalue weighted by molar-refractivity contribution is 6.19. The minimum atomic E-state index is -0.644. The molecule has 0 amide bonds. The molecule has 1 heterocycles. The summed E-state index contributed by atoms with van der Waals surface area (Å²) in [4.78, 5) is 1.30. The van der Waals surface area contributed by atoms with Gasteiger partial charge >= 0.3 is 0 Å². The minimum Gasteiger partial charge on any atom is -0.455 e. The largest absolute Gasteiger partial charge is 0.455 e. The predicted octanol–water partition coefficient (Wildman–Crippen LogP) is 15.5. The number of furan rings is 1. The smallest absolute Gasteiger partial charge is 0.143 e. The van der Waals surface area contributed by atoms with Crippen LogP contribution in [0, 0.1) is 0 Å². The molecule has 11 aromatic rings. The van der Waals surface area contributed by atoms with Crippen molar-refractivity contribution >= 4 is 71.3 Å². The van der Waals surface area contributed by atoms with Gasteiger partial charge in [-0.05, 0) is 109 Å². The van der Waals surface area contributed by atoms with Gasteiger partial charge in [-0.3, -0.25) is 0 Å². The summed E-state index contributed by atoms with van der Waals surface area (Å²) >= 11 is 0. The Kier molecular flexibility index (Phi) is 5.04. The SMILES string of the molecule is [2H]c1c([2H])c(N(c2ccc(-c3cccc4ccccc34)cc2)c2c([2H])c([2H])c([2H])c3oc4c5c([2H])c([2H])c([2H])c([2H])c5c([2H])c([2H])c4c23)c([2H])c([2H])c1-c1cccc(-c2cccc3ccccc23)c1. The molecule has 0 spiro atoms. The summed E-state index contributed by atoms with van der Waals surface area (Å²) in [6.07, 6.45) is 0. The highest BCUT2D eigenvalue weighted by Gasteiger charge is 2.21. The van der Waals surface area contributed by atoms with Gasteiger partial charge in [0.25, 0.3) is 0 Å². The molecule has 0 saturated carbocycles. The van der Waals surface area contributed by atoms with Gasteiger partial charge in [-0.2, -0.15) is 0 Å². The lowest BCUT2D eigenvalue weighted by atomic mass is 9.95. The molecule has 0 aliphatic heterocycles. The molecule has 262 valence electrons. The van der Waals surface area contributed by atoms with Crippen molar-refractivity contribution in [3.63, 3.8) is 0 Å².